The summed E-state index contributed by atoms with van der Waals surface area (Å²) in [6.45, 7) is 0.199. The first kappa shape index (κ1) is 13.4. The fourth-order valence-electron chi connectivity index (χ4n) is 1.36. The summed E-state index contributed by atoms with van der Waals surface area (Å²) in [5.74, 6) is -1.73. The van der Waals surface area contributed by atoms with Crippen molar-refractivity contribution >= 4 is 21.9 Å². The molecule has 19 heavy (non-hydrogen) atoms. The average molecular weight is 325 g/mol. The van der Waals surface area contributed by atoms with E-state index >= 15 is 0 Å². The second-order valence-corrected chi connectivity index (χ2v) is 4.61. The zero-order chi connectivity index (χ0) is 13.8. The highest BCUT2D eigenvalue weighted by atomic mass is 79.9. The third-order valence-corrected chi connectivity index (χ3v) is 2.85. The lowest BCUT2D eigenvalue weighted by molar-refractivity contribution is 0.0658. The van der Waals surface area contributed by atoms with E-state index in [9.17, 15) is 9.59 Å². The van der Waals surface area contributed by atoms with E-state index in [1.54, 1.807) is 0 Å². The molecule has 0 aliphatic rings. The molecule has 2 rings (SSSR count). The zero-order valence-corrected chi connectivity index (χ0v) is 11.2. The topological polar surface area (TPSA) is 76.7 Å². The fourth-order valence-corrected chi connectivity index (χ4v) is 1.62. The minimum atomic E-state index is -1.29. The first-order valence-electron chi connectivity index (χ1n) is 5.29. The monoisotopic (exact) mass is 324 g/mol. The lowest BCUT2D eigenvalue weighted by Gasteiger charge is -2.05. The Labute approximate surface area is 116 Å². The summed E-state index contributed by atoms with van der Waals surface area (Å²) in [6.07, 6.45) is 1.00. The van der Waals surface area contributed by atoms with Crippen molar-refractivity contribution in [2.45, 2.75) is 6.61 Å². The van der Waals surface area contributed by atoms with Gasteiger partial charge >= 0.3 is 5.97 Å². The molecule has 98 valence electrons. The van der Waals surface area contributed by atoms with Gasteiger partial charge in [-0.15, -0.1) is 0 Å². The number of carboxylic acids is 1. The molecule has 0 spiro atoms. The molecule has 1 aromatic carbocycles. The molecule has 0 aliphatic heterocycles. The van der Waals surface area contributed by atoms with Gasteiger partial charge < -0.3 is 14.3 Å². The summed E-state index contributed by atoms with van der Waals surface area (Å²) in [4.78, 5) is 22.2. The number of carbonyl (C=O) groups is 1. The van der Waals surface area contributed by atoms with Crippen LogP contribution in [0, 0.1) is 0 Å². The number of rotatable bonds is 4. The molecule has 0 amide bonds. The van der Waals surface area contributed by atoms with Crippen LogP contribution in [0.5, 0.6) is 5.75 Å². The van der Waals surface area contributed by atoms with Crippen molar-refractivity contribution in [2.24, 2.45) is 0 Å². The van der Waals surface area contributed by atoms with Gasteiger partial charge in [0, 0.05) is 10.5 Å². The molecule has 1 N–H and O–H groups in total. The van der Waals surface area contributed by atoms with Crippen molar-refractivity contribution in [3.05, 3.63) is 62.6 Å². The van der Waals surface area contributed by atoms with Crippen LogP contribution in [0.25, 0.3) is 0 Å². The van der Waals surface area contributed by atoms with Crippen LogP contribution in [0.1, 0.15) is 16.1 Å². The maximum Gasteiger partial charge on any atom is 0.371 e. The molecule has 0 unspecified atom stereocenters. The molecule has 0 atom stereocenters. The van der Waals surface area contributed by atoms with Crippen molar-refractivity contribution in [2.75, 3.05) is 0 Å². The van der Waals surface area contributed by atoms with Gasteiger partial charge in [0.25, 0.3) is 0 Å². The molecular weight excluding hydrogens is 316 g/mol. The fraction of sp³-hybridized carbons (Fsp3) is 0.0769. The summed E-state index contributed by atoms with van der Waals surface area (Å²) in [5, 5.41) is 8.66. The molecule has 2 aromatic rings. The van der Waals surface area contributed by atoms with E-state index in [2.05, 4.69) is 15.9 Å². The summed E-state index contributed by atoms with van der Waals surface area (Å²) in [7, 11) is 0. The smallest absolute Gasteiger partial charge is 0.371 e. The van der Waals surface area contributed by atoms with E-state index in [1.807, 2.05) is 24.3 Å². The first-order valence-corrected chi connectivity index (χ1v) is 6.09. The van der Waals surface area contributed by atoms with E-state index in [-0.39, 0.29) is 12.4 Å². The standard InChI is InChI=1S/C13H9BrO5/c14-9-3-1-8(2-4-9)6-18-12-7-19-11(13(16)17)5-10(12)15/h1-5,7H,6H2,(H,16,17). The van der Waals surface area contributed by atoms with Gasteiger partial charge in [-0.2, -0.15) is 0 Å². The van der Waals surface area contributed by atoms with Crippen LogP contribution >= 0.6 is 15.9 Å². The summed E-state index contributed by atoms with van der Waals surface area (Å²) in [6, 6.07) is 8.29. The van der Waals surface area contributed by atoms with Gasteiger partial charge in [0.15, 0.2) is 0 Å². The summed E-state index contributed by atoms with van der Waals surface area (Å²) in [5.41, 5.74) is 0.352. The molecule has 5 nitrogen and oxygen atoms in total. The lowest BCUT2D eigenvalue weighted by atomic mass is 10.2. The summed E-state index contributed by atoms with van der Waals surface area (Å²) >= 11 is 3.31. The van der Waals surface area contributed by atoms with Crippen LogP contribution in [-0.4, -0.2) is 11.1 Å². The number of halogens is 1. The number of benzene rings is 1. The minimum Gasteiger partial charge on any atom is -0.482 e. The molecule has 0 fully saturated rings. The Morgan fingerprint density at radius 3 is 2.58 bits per heavy atom. The molecule has 0 saturated heterocycles. The van der Waals surface area contributed by atoms with E-state index in [4.69, 9.17) is 14.3 Å². The van der Waals surface area contributed by atoms with Gasteiger partial charge in [-0.25, -0.2) is 4.79 Å². The van der Waals surface area contributed by atoms with Crippen molar-refractivity contribution in [3.63, 3.8) is 0 Å². The average Bonchev–Trinajstić information content (AvgIpc) is 2.39. The highest BCUT2D eigenvalue weighted by Gasteiger charge is 2.10. The van der Waals surface area contributed by atoms with Crippen LogP contribution in [-0.2, 0) is 6.61 Å². The Bertz CT molecular complexity index is 645. The number of ether oxygens (including phenoxy) is 1. The number of hydrogen-bond donors (Lipinski definition) is 1. The molecule has 1 aromatic heterocycles. The third-order valence-electron chi connectivity index (χ3n) is 2.32. The SMILES string of the molecule is O=C(O)c1cc(=O)c(OCc2ccc(Br)cc2)co1. The van der Waals surface area contributed by atoms with Crippen LogP contribution in [0.3, 0.4) is 0 Å². The Morgan fingerprint density at radius 1 is 1.32 bits per heavy atom. The van der Waals surface area contributed by atoms with Crippen molar-refractivity contribution < 1.29 is 19.1 Å². The normalized spacial score (nSPS) is 10.2. The Kier molecular flexibility index (Phi) is 4.01. The maximum absolute atomic E-state index is 11.6. The zero-order valence-electron chi connectivity index (χ0n) is 9.63. The van der Waals surface area contributed by atoms with Crippen molar-refractivity contribution in [1.82, 2.24) is 0 Å². The lowest BCUT2D eigenvalue weighted by Crippen LogP contribution is -2.10. The Morgan fingerprint density at radius 2 is 2.00 bits per heavy atom. The number of hydrogen-bond acceptors (Lipinski definition) is 4. The quantitative estimate of drug-likeness (QED) is 0.935. The highest BCUT2D eigenvalue weighted by molar-refractivity contribution is 9.10. The van der Waals surface area contributed by atoms with E-state index in [1.165, 1.54) is 0 Å². The van der Waals surface area contributed by atoms with E-state index in [0.29, 0.717) is 0 Å². The van der Waals surface area contributed by atoms with Crippen LogP contribution in [0.4, 0.5) is 0 Å². The Balaban J connectivity index is 2.10. The van der Waals surface area contributed by atoms with Crippen molar-refractivity contribution in [3.8, 4) is 5.75 Å². The summed E-state index contributed by atoms with van der Waals surface area (Å²) < 4.78 is 11.0. The van der Waals surface area contributed by atoms with Gasteiger partial charge in [-0.3, -0.25) is 4.79 Å². The third kappa shape index (κ3) is 3.45. The van der Waals surface area contributed by atoms with Crippen LogP contribution in [0.2, 0.25) is 0 Å². The molecule has 0 saturated carbocycles. The predicted molar refractivity (Wildman–Crippen MR) is 70.4 cm³/mol. The number of carboxylic acid groups (broad SMARTS) is 1. The van der Waals surface area contributed by atoms with Gasteiger partial charge in [-0.1, -0.05) is 28.1 Å². The van der Waals surface area contributed by atoms with Crippen molar-refractivity contribution in [1.29, 1.82) is 0 Å². The second-order valence-electron chi connectivity index (χ2n) is 3.69. The molecular formula is C13H9BrO5. The molecule has 1 heterocycles. The second kappa shape index (κ2) is 5.71. The largest absolute Gasteiger partial charge is 0.482 e. The first-order chi connectivity index (χ1) is 9.06. The van der Waals surface area contributed by atoms with E-state index in [0.717, 1.165) is 22.4 Å². The van der Waals surface area contributed by atoms with Crippen LogP contribution < -0.4 is 10.2 Å². The molecule has 6 heteroatoms. The Hall–Kier alpha value is -2.08. The molecule has 0 aliphatic carbocycles. The number of aromatic carboxylic acids is 1. The van der Waals surface area contributed by atoms with Gasteiger partial charge in [0.1, 0.15) is 12.9 Å². The van der Waals surface area contributed by atoms with Gasteiger partial charge in [-0.05, 0) is 17.7 Å². The minimum absolute atomic E-state index is 0.0204. The van der Waals surface area contributed by atoms with Crippen LogP contribution in [0.15, 0.2) is 50.3 Å². The van der Waals surface area contributed by atoms with Gasteiger partial charge in [0.05, 0.1) is 0 Å². The highest BCUT2D eigenvalue weighted by Crippen LogP contribution is 2.13. The molecule has 0 radical (unpaired) electrons. The predicted octanol–water partition coefficient (Wildman–Crippen LogP) is 2.68. The maximum atomic E-state index is 11.6. The van der Waals surface area contributed by atoms with E-state index < -0.39 is 17.2 Å². The molecule has 0 bridgehead atoms. The van der Waals surface area contributed by atoms with Gasteiger partial charge in [0.2, 0.25) is 16.9 Å².